The van der Waals surface area contributed by atoms with Crippen molar-refractivity contribution in [2.45, 2.75) is 38.1 Å². The van der Waals surface area contributed by atoms with Crippen molar-refractivity contribution in [3.05, 3.63) is 0 Å². The van der Waals surface area contributed by atoms with Gasteiger partial charge in [0.05, 0.1) is 0 Å². The highest BCUT2D eigenvalue weighted by atomic mass is 32.2. The van der Waals surface area contributed by atoms with Crippen LogP contribution in [0.25, 0.3) is 0 Å². The van der Waals surface area contributed by atoms with Crippen molar-refractivity contribution in [1.82, 2.24) is 5.32 Å². The Hall–Kier alpha value is 0.110. The van der Waals surface area contributed by atoms with Crippen LogP contribution < -0.4 is 5.32 Å². The zero-order chi connectivity index (χ0) is 9.97. The number of rotatable bonds is 5. The molecule has 0 amide bonds. The Balaban J connectivity index is 1.60. The summed E-state index contributed by atoms with van der Waals surface area (Å²) >= 11 is 0. The van der Waals surface area contributed by atoms with Crippen LogP contribution in [0.5, 0.6) is 0 Å². The summed E-state index contributed by atoms with van der Waals surface area (Å²) in [5.74, 6) is 2.85. The molecule has 3 heteroatoms. The first-order valence-corrected chi connectivity index (χ1v) is 7.52. The zero-order valence-electron chi connectivity index (χ0n) is 9.00. The second kappa shape index (κ2) is 4.75. The summed E-state index contributed by atoms with van der Waals surface area (Å²) in [5.41, 5.74) is 0. The van der Waals surface area contributed by atoms with Gasteiger partial charge >= 0.3 is 0 Å². The third-order valence-electron chi connectivity index (χ3n) is 3.75. The van der Waals surface area contributed by atoms with E-state index in [9.17, 15) is 4.21 Å². The lowest BCUT2D eigenvalue weighted by molar-refractivity contribution is 0.353. The van der Waals surface area contributed by atoms with E-state index in [0.29, 0.717) is 0 Å². The Morgan fingerprint density at radius 2 is 2.21 bits per heavy atom. The predicted molar refractivity (Wildman–Crippen MR) is 60.8 cm³/mol. The van der Waals surface area contributed by atoms with Gasteiger partial charge in [0.2, 0.25) is 0 Å². The maximum atomic E-state index is 10.9. The fourth-order valence-electron chi connectivity index (χ4n) is 3.06. The monoisotopic (exact) mass is 215 g/mol. The molecule has 2 aliphatic carbocycles. The summed E-state index contributed by atoms with van der Waals surface area (Å²) in [6.45, 7) is 1.06. The average molecular weight is 215 g/mol. The van der Waals surface area contributed by atoms with Gasteiger partial charge in [-0.25, -0.2) is 0 Å². The molecule has 0 saturated heterocycles. The van der Waals surface area contributed by atoms with E-state index < -0.39 is 10.8 Å². The molecular formula is C11H21NOS. The Bertz CT molecular complexity index is 219. The molecule has 2 fully saturated rings. The van der Waals surface area contributed by atoms with Gasteiger partial charge in [-0.1, -0.05) is 6.42 Å². The van der Waals surface area contributed by atoms with Crippen molar-refractivity contribution < 1.29 is 4.21 Å². The number of fused-ring (bicyclic) bond motifs is 2. The molecule has 0 aromatic carbocycles. The van der Waals surface area contributed by atoms with Crippen molar-refractivity contribution in [3.63, 3.8) is 0 Å². The molecule has 2 rings (SSSR count). The van der Waals surface area contributed by atoms with Gasteiger partial charge in [-0.3, -0.25) is 4.21 Å². The van der Waals surface area contributed by atoms with Gasteiger partial charge in [-0.15, -0.1) is 0 Å². The lowest BCUT2D eigenvalue weighted by Crippen LogP contribution is -2.34. The zero-order valence-corrected chi connectivity index (χ0v) is 9.81. The molecule has 1 N–H and O–H groups in total. The van der Waals surface area contributed by atoms with E-state index >= 15 is 0 Å². The second-order valence-corrected chi connectivity index (χ2v) is 6.42. The van der Waals surface area contributed by atoms with E-state index in [4.69, 9.17) is 0 Å². The molecule has 0 radical (unpaired) electrons. The highest BCUT2D eigenvalue weighted by Crippen LogP contribution is 2.44. The van der Waals surface area contributed by atoms with E-state index in [0.717, 1.165) is 36.6 Å². The summed E-state index contributed by atoms with van der Waals surface area (Å²) in [6.07, 6.45) is 8.65. The molecule has 2 saturated carbocycles. The molecule has 0 aromatic heterocycles. The largest absolute Gasteiger partial charge is 0.314 e. The van der Waals surface area contributed by atoms with Gasteiger partial charge in [0.15, 0.2) is 0 Å². The van der Waals surface area contributed by atoms with Crippen LogP contribution in [0, 0.1) is 11.8 Å². The number of nitrogens with one attached hydrogen (secondary N) is 1. The number of hydrogen-bond donors (Lipinski definition) is 1. The fourth-order valence-corrected chi connectivity index (χ4v) is 3.61. The number of hydrogen-bond acceptors (Lipinski definition) is 2. The Morgan fingerprint density at radius 1 is 1.36 bits per heavy atom. The highest BCUT2D eigenvalue weighted by molar-refractivity contribution is 7.84. The first-order chi connectivity index (χ1) is 6.75. The van der Waals surface area contributed by atoms with E-state index in [1.54, 1.807) is 6.26 Å². The van der Waals surface area contributed by atoms with Crippen LogP contribution in [0.15, 0.2) is 0 Å². The van der Waals surface area contributed by atoms with Crippen LogP contribution in [0.4, 0.5) is 0 Å². The lowest BCUT2D eigenvalue weighted by atomic mass is 9.95. The first kappa shape index (κ1) is 10.6. The maximum Gasteiger partial charge on any atom is 0.0244 e. The standard InChI is InChI=1S/C11H21NOS/c1-14(13)6-2-5-12-11-8-9-3-4-10(11)7-9/h9-12H,2-8H2,1H3. The van der Waals surface area contributed by atoms with Crippen molar-refractivity contribution in [1.29, 1.82) is 0 Å². The molecular weight excluding hydrogens is 194 g/mol. The van der Waals surface area contributed by atoms with Crippen LogP contribution in [0.3, 0.4) is 0 Å². The fraction of sp³-hybridized carbons (Fsp3) is 1.00. The molecule has 14 heavy (non-hydrogen) atoms. The SMILES string of the molecule is CS(=O)CCCNC1CC2CCC1C2. The van der Waals surface area contributed by atoms with Crippen LogP contribution in [-0.2, 0) is 10.8 Å². The van der Waals surface area contributed by atoms with Crippen LogP contribution in [0.2, 0.25) is 0 Å². The molecule has 0 aliphatic heterocycles. The van der Waals surface area contributed by atoms with Crippen LogP contribution in [0.1, 0.15) is 32.1 Å². The summed E-state index contributed by atoms with van der Waals surface area (Å²) in [4.78, 5) is 0. The van der Waals surface area contributed by atoms with Gasteiger partial charge in [-0.05, 0) is 44.1 Å². The normalized spacial score (nSPS) is 37.6. The Kier molecular flexibility index (Phi) is 3.61. The van der Waals surface area contributed by atoms with Crippen molar-refractivity contribution in [2.75, 3.05) is 18.6 Å². The molecule has 0 spiro atoms. The third kappa shape index (κ3) is 2.57. The van der Waals surface area contributed by atoms with E-state index in [1.165, 1.54) is 25.7 Å². The maximum absolute atomic E-state index is 10.9. The van der Waals surface area contributed by atoms with Gasteiger partial charge in [-0.2, -0.15) is 0 Å². The highest BCUT2D eigenvalue weighted by Gasteiger charge is 2.38. The Labute approximate surface area is 89.3 Å². The predicted octanol–water partition coefficient (Wildman–Crippen LogP) is 1.53. The quantitative estimate of drug-likeness (QED) is 0.705. The molecule has 4 unspecified atom stereocenters. The van der Waals surface area contributed by atoms with Gasteiger partial charge in [0.1, 0.15) is 0 Å². The minimum Gasteiger partial charge on any atom is -0.314 e. The van der Waals surface area contributed by atoms with Crippen LogP contribution in [-0.4, -0.2) is 28.8 Å². The molecule has 82 valence electrons. The minimum absolute atomic E-state index is 0.610. The van der Waals surface area contributed by atoms with Crippen molar-refractivity contribution in [3.8, 4) is 0 Å². The second-order valence-electron chi connectivity index (χ2n) is 4.87. The molecule has 2 aliphatic rings. The van der Waals surface area contributed by atoms with Gasteiger partial charge < -0.3 is 5.32 Å². The lowest BCUT2D eigenvalue weighted by Gasteiger charge is -2.22. The van der Waals surface area contributed by atoms with Crippen LogP contribution >= 0.6 is 0 Å². The Morgan fingerprint density at radius 3 is 2.79 bits per heavy atom. The van der Waals surface area contributed by atoms with Gasteiger partial charge in [0, 0.05) is 28.9 Å². The average Bonchev–Trinajstić information content (AvgIpc) is 2.73. The molecule has 0 aromatic rings. The molecule has 4 atom stereocenters. The third-order valence-corrected chi connectivity index (χ3v) is 4.62. The van der Waals surface area contributed by atoms with E-state index in [-0.39, 0.29) is 0 Å². The van der Waals surface area contributed by atoms with Crippen molar-refractivity contribution in [2.24, 2.45) is 11.8 Å². The minimum atomic E-state index is -0.610. The molecule has 2 nitrogen and oxygen atoms in total. The molecule has 0 heterocycles. The van der Waals surface area contributed by atoms with E-state index in [2.05, 4.69) is 5.32 Å². The smallest absolute Gasteiger partial charge is 0.0244 e. The summed E-state index contributed by atoms with van der Waals surface area (Å²) in [5, 5.41) is 3.63. The van der Waals surface area contributed by atoms with Gasteiger partial charge in [0.25, 0.3) is 0 Å². The molecule has 2 bridgehead atoms. The topological polar surface area (TPSA) is 29.1 Å². The summed E-state index contributed by atoms with van der Waals surface area (Å²) in [7, 11) is -0.610. The van der Waals surface area contributed by atoms with E-state index in [1.807, 2.05) is 0 Å². The summed E-state index contributed by atoms with van der Waals surface area (Å²) in [6, 6.07) is 0.791. The summed E-state index contributed by atoms with van der Waals surface area (Å²) < 4.78 is 10.9. The first-order valence-electron chi connectivity index (χ1n) is 5.79. The van der Waals surface area contributed by atoms with Crippen molar-refractivity contribution >= 4 is 10.8 Å².